The summed E-state index contributed by atoms with van der Waals surface area (Å²) in [5.74, 6) is 1.26. The van der Waals surface area contributed by atoms with Gasteiger partial charge in [-0.2, -0.15) is 4.31 Å². The fourth-order valence-electron chi connectivity index (χ4n) is 3.40. The summed E-state index contributed by atoms with van der Waals surface area (Å²) in [5, 5.41) is 3.17. The summed E-state index contributed by atoms with van der Waals surface area (Å²) in [6.45, 7) is 0.532. The maximum atomic E-state index is 13.5. The van der Waals surface area contributed by atoms with Crippen molar-refractivity contribution in [3.05, 3.63) is 114 Å². The zero-order valence-electron chi connectivity index (χ0n) is 18.3. The minimum absolute atomic E-state index is 0.144. The van der Waals surface area contributed by atoms with Crippen molar-refractivity contribution < 1.29 is 13.2 Å². The molecule has 4 rings (SSSR count). The number of rotatable bonds is 9. The number of nitrogens with zero attached hydrogens (tertiary/aromatic N) is 2. The van der Waals surface area contributed by atoms with E-state index in [1.54, 1.807) is 19.2 Å². The molecular formula is C26H25N3O3S. The van der Waals surface area contributed by atoms with Crippen molar-refractivity contribution in [2.75, 3.05) is 12.4 Å². The number of hydrogen-bond acceptors (Lipinski definition) is 5. The van der Waals surface area contributed by atoms with Crippen molar-refractivity contribution in [1.82, 2.24) is 9.29 Å². The van der Waals surface area contributed by atoms with E-state index in [1.165, 1.54) is 10.5 Å². The standard InChI is InChI=1S/C26H25N3O3S/c1-32-24-14-8-13-23(17-24)28-26-16-15-25(18-27-26)33(30,31)29(19-21-9-4-2-5-10-21)20-22-11-6-3-7-12-22/h2-18H,19-20H2,1H3,(H,27,28). The van der Waals surface area contributed by atoms with Crippen molar-refractivity contribution in [3.63, 3.8) is 0 Å². The third-order valence-corrected chi connectivity index (χ3v) is 6.90. The molecule has 0 bridgehead atoms. The van der Waals surface area contributed by atoms with Gasteiger partial charge in [-0.3, -0.25) is 0 Å². The van der Waals surface area contributed by atoms with Crippen LogP contribution in [0.15, 0.2) is 108 Å². The van der Waals surface area contributed by atoms with Crippen LogP contribution in [0.25, 0.3) is 0 Å². The molecule has 6 nitrogen and oxygen atoms in total. The second kappa shape index (κ2) is 10.3. The molecule has 0 spiro atoms. The maximum absolute atomic E-state index is 13.5. The van der Waals surface area contributed by atoms with Crippen molar-refractivity contribution in [2.45, 2.75) is 18.0 Å². The molecule has 0 aliphatic carbocycles. The quantitative estimate of drug-likeness (QED) is 0.371. The number of methoxy groups -OCH3 is 1. The zero-order valence-corrected chi connectivity index (χ0v) is 19.1. The van der Waals surface area contributed by atoms with Gasteiger partial charge in [0.2, 0.25) is 10.0 Å². The maximum Gasteiger partial charge on any atom is 0.245 e. The van der Waals surface area contributed by atoms with E-state index in [9.17, 15) is 8.42 Å². The molecule has 7 heteroatoms. The highest BCUT2D eigenvalue weighted by Gasteiger charge is 2.25. The third kappa shape index (κ3) is 5.77. The number of sulfonamides is 1. The molecule has 0 aliphatic heterocycles. The van der Waals surface area contributed by atoms with E-state index >= 15 is 0 Å². The lowest BCUT2D eigenvalue weighted by atomic mass is 10.2. The Morgan fingerprint density at radius 1 is 0.818 bits per heavy atom. The van der Waals surface area contributed by atoms with Gasteiger partial charge in [0.05, 0.1) is 7.11 Å². The van der Waals surface area contributed by atoms with Crippen LogP contribution in [-0.2, 0) is 23.1 Å². The van der Waals surface area contributed by atoms with Crippen LogP contribution in [0.3, 0.4) is 0 Å². The summed E-state index contributed by atoms with van der Waals surface area (Å²) in [6, 6.07) is 29.8. The van der Waals surface area contributed by atoms with Crippen LogP contribution in [0.2, 0.25) is 0 Å². The largest absolute Gasteiger partial charge is 0.497 e. The molecule has 0 aliphatic rings. The van der Waals surface area contributed by atoms with Crippen LogP contribution in [-0.4, -0.2) is 24.8 Å². The van der Waals surface area contributed by atoms with Gasteiger partial charge in [-0.15, -0.1) is 0 Å². The van der Waals surface area contributed by atoms with Gasteiger partial charge in [-0.1, -0.05) is 66.7 Å². The van der Waals surface area contributed by atoms with E-state index in [1.807, 2.05) is 84.9 Å². The van der Waals surface area contributed by atoms with Crippen LogP contribution in [0, 0.1) is 0 Å². The number of nitrogens with one attached hydrogen (secondary N) is 1. The average Bonchev–Trinajstić information content (AvgIpc) is 2.85. The first kappa shape index (κ1) is 22.5. The highest BCUT2D eigenvalue weighted by molar-refractivity contribution is 7.89. The third-order valence-electron chi connectivity index (χ3n) is 5.12. The van der Waals surface area contributed by atoms with E-state index in [0.717, 1.165) is 22.6 Å². The summed E-state index contributed by atoms with van der Waals surface area (Å²) in [6.07, 6.45) is 1.39. The first-order chi connectivity index (χ1) is 16.0. The lowest BCUT2D eigenvalue weighted by Gasteiger charge is -2.22. The average molecular weight is 460 g/mol. The van der Waals surface area contributed by atoms with E-state index in [0.29, 0.717) is 5.82 Å². The Bertz CT molecular complexity index is 1240. The SMILES string of the molecule is COc1cccc(Nc2ccc(S(=O)(=O)N(Cc3ccccc3)Cc3ccccc3)cn2)c1. The van der Waals surface area contributed by atoms with Crippen LogP contribution in [0.4, 0.5) is 11.5 Å². The molecule has 0 fully saturated rings. The summed E-state index contributed by atoms with van der Waals surface area (Å²) in [5.41, 5.74) is 2.63. The summed E-state index contributed by atoms with van der Waals surface area (Å²) in [4.78, 5) is 4.48. The molecule has 0 saturated heterocycles. The Kier molecular flexibility index (Phi) is 7.02. The van der Waals surface area contributed by atoms with Crippen LogP contribution >= 0.6 is 0 Å². The van der Waals surface area contributed by atoms with Crippen LogP contribution < -0.4 is 10.1 Å². The molecule has 0 atom stereocenters. The Morgan fingerprint density at radius 3 is 2.00 bits per heavy atom. The number of anilines is 2. The predicted octanol–water partition coefficient (Wildman–Crippen LogP) is 5.22. The Balaban J connectivity index is 1.58. The van der Waals surface area contributed by atoms with Gasteiger partial charge in [-0.25, -0.2) is 13.4 Å². The molecular weight excluding hydrogens is 434 g/mol. The highest BCUT2D eigenvalue weighted by atomic mass is 32.2. The minimum atomic E-state index is -3.77. The number of pyridine rings is 1. The van der Waals surface area contributed by atoms with Gasteiger partial charge >= 0.3 is 0 Å². The minimum Gasteiger partial charge on any atom is -0.497 e. The Labute approximate surface area is 194 Å². The van der Waals surface area contributed by atoms with E-state index in [-0.39, 0.29) is 18.0 Å². The molecule has 0 saturated carbocycles. The van der Waals surface area contributed by atoms with Crippen molar-refractivity contribution in [3.8, 4) is 5.75 Å². The Morgan fingerprint density at radius 2 is 1.45 bits per heavy atom. The fourth-order valence-corrected chi connectivity index (χ4v) is 4.77. The molecule has 1 N–H and O–H groups in total. The van der Waals surface area contributed by atoms with Crippen molar-refractivity contribution in [2.24, 2.45) is 0 Å². The Hall–Kier alpha value is -3.68. The number of hydrogen-bond donors (Lipinski definition) is 1. The second-order valence-corrected chi connectivity index (χ2v) is 9.42. The summed E-state index contributed by atoms with van der Waals surface area (Å²) >= 11 is 0. The van der Waals surface area contributed by atoms with E-state index in [4.69, 9.17) is 4.74 Å². The molecule has 0 unspecified atom stereocenters. The van der Waals surface area contributed by atoms with Gasteiger partial charge in [0.15, 0.2) is 0 Å². The van der Waals surface area contributed by atoms with Gasteiger partial charge < -0.3 is 10.1 Å². The van der Waals surface area contributed by atoms with Gasteiger partial charge in [0, 0.05) is 31.0 Å². The topological polar surface area (TPSA) is 71.5 Å². The smallest absolute Gasteiger partial charge is 0.245 e. The highest BCUT2D eigenvalue weighted by Crippen LogP contribution is 2.24. The molecule has 1 aromatic heterocycles. The first-order valence-corrected chi connectivity index (χ1v) is 11.9. The number of ether oxygens (including phenoxy) is 1. The zero-order chi connectivity index (χ0) is 23.1. The fraction of sp³-hybridized carbons (Fsp3) is 0.115. The number of aromatic nitrogens is 1. The molecule has 3 aromatic carbocycles. The molecule has 168 valence electrons. The normalized spacial score (nSPS) is 11.3. The predicted molar refractivity (Wildman–Crippen MR) is 130 cm³/mol. The first-order valence-electron chi connectivity index (χ1n) is 10.5. The molecule has 4 aromatic rings. The van der Waals surface area contributed by atoms with Gasteiger partial charge in [-0.05, 0) is 35.4 Å². The van der Waals surface area contributed by atoms with Gasteiger partial charge in [0.1, 0.15) is 16.5 Å². The van der Waals surface area contributed by atoms with Gasteiger partial charge in [0.25, 0.3) is 0 Å². The van der Waals surface area contributed by atoms with Crippen LogP contribution in [0.5, 0.6) is 5.75 Å². The molecule has 0 amide bonds. The van der Waals surface area contributed by atoms with E-state index in [2.05, 4.69) is 10.3 Å². The molecule has 33 heavy (non-hydrogen) atoms. The lowest BCUT2D eigenvalue weighted by Crippen LogP contribution is -2.30. The summed E-state index contributed by atoms with van der Waals surface area (Å²) in [7, 11) is -2.17. The van der Waals surface area contributed by atoms with Crippen molar-refractivity contribution >= 4 is 21.5 Å². The lowest BCUT2D eigenvalue weighted by molar-refractivity contribution is 0.401. The monoisotopic (exact) mass is 459 g/mol. The van der Waals surface area contributed by atoms with Crippen LogP contribution in [0.1, 0.15) is 11.1 Å². The number of benzene rings is 3. The second-order valence-electron chi connectivity index (χ2n) is 7.48. The molecule has 0 radical (unpaired) electrons. The molecule has 1 heterocycles. The van der Waals surface area contributed by atoms with E-state index < -0.39 is 10.0 Å². The van der Waals surface area contributed by atoms with Crippen molar-refractivity contribution in [1.29, 1.82) is 0 Å². The summed E-state index contributed by atoms with van der Waals surface area (Å²) < 4.78 is 33.8.